The van der Waals surface area contributed by atoms with Gasteiger partial charge in [0.2, 0.25) is 0 Å². The molecule has 0 spiro atoms. The van der Waals surface area contributed by atoms with Crippen molar-refractivity contribution in [1.82, 2.24) is 5.32 Å². The van der Waals surface area contributed by atoms with E-state index in [0.717, 1.165) is 26.9 Å². The van der Waals surface area contributed by atoms with E-state index in [4.69, 9.17) is 21.3 Å². The Hall–Kier alpha value is -2.34. The number of halogens is 2. The number of phenolic OH excluding ortho intramolecular Hbond substituents is 1. The SMILES string of the molecule is CCOc1cccc([C@H]2CC(c3ccc(Cl)cc3)=N[C@@H](c3ccc(Br)cc3)N2)c1O. The van der Waals surface area contributed by atoms with Crippen LogP contribution in [0.15, 0.2) is 76.2 Å². The number of ether oxygens (including phenoxy) is 1. The van der Waals surface area contributed by atoms with Crippen LogP contribution in [0.1, 0.15) is 42.2 Å². The topological polar surface area (TPSA) is 53.8 Å². The molecule has 154 valence electrons. The van der Waals surface area contributed by atoms with Crippen molar-refractivity contribution >= 4 is 33.2 Å². The maximum absolute atomic E-state index is 10.8. The highest BCUT2D eigenvalue weighted by atomic mass is 79.9. The van der Waals surface area contributed by atoms with E-state index in [-0.39, 0.29) is 18.0 Å². The zero-order valence-corrected chi connectivity index (χ0v) is 18.8. The van der Waals surface area contributed by atoms with Gasteiger partial charge in [0.05, 0.1) is 6.61 Å². The average molecular weight is 486 g/mol. The monoisotopic (exact) mass is 484 g/mol. The molecule has 1 aliphatic rings. The highest BCUT2D eigenvalue weighted by Gasteiger charge is 2.28. The minimum Gasteiger partial charge on any atom is -0.504 e. The molecule has 2 atom stereocenters. The summed E-state index contributed by atoms with van der Waals surface area (Å²) in [4.78, 5) is 4.98. The summed E-state index contributed by atoms with van der Waals surface area (Å²) in [5.41, 5.74) is 3.83. The first-order valence-electron chi connectivity index (χ1n) is 9.84. The maximum Gasteiger partial charge on any atom is 0.162 e. The van der Waals surface area contributed by atoms with Gasteiger partial charge >= 0.3 is 0 Å². The standard InChI is InChI=1S/C24H22BrClN2O2/c1-2-30-22-5-3-4-19(23(22)29)21-14-20(15-8-12-18(26)13-9-15)27-24(28-21)16-6-10-17(25)11-7-16/h3-13,21,24,28-29H,2,14H2,1H3/t21-,24-/m1/s1. The third kappa shape index (κ3) is 4.53. The number of hydrogen-bond donors (Lipinski definition) is 2. The van der Waals surface area contributed by atoms with Gasteiger partial charge in [-0.1, -0.05) is 63.9 Å². The number of benzene rings is 3. The lowest BCUT2D eigenvalue weighted by molar-refractivity contribution is 0.313. The van der Waals surface area contributed by atoms with Gasteiger partial charge in [-0.2, -0.15) is 0 Å². The van der Waals surface area contributed by atoms with Crippen molar-refractivity contribution in [2.24, 2.45) is 4.99 Å². The minimum atomic E-state index is -0.238. The Morgan fingerprint density at radius 1 is 1.10 bits per heavy atom. The molecule has 0 saturated carbocycles. The molecule has 4 rings (SSSR count). The Morgan fingerprint density at radius 3 is 2.53 bits per heavy atom. The van der Waals surface area contributed by atoms with Crippen LogP contribution in [-0.2, 0) is 0 Å². The van der Waals surface area contributed by atoms with Crippen LogP contribution >= 0.6 is 27.5 Å². The first-order valence-corrected chi connectivity index (χ1v) is 11.0. The first-order chi connectivity index (χ1) is 14.5. The lowest BCUT2D eigenvalue weighted by Crippen LogP contribution is -2.33. The molecule has 3 aromatic rings. The third-order valence-electron chi connectivity index (χ3n) is 5.11. The Bertz CT molecular complexity index is 1050. The van der Waals surface area contributed by atoms with Crippen molar-refractivity contribution in [3.63, 3.8) is 0 Å². The van der Waals surface area contributed by atoms with E-state index in [2.05, 4.69) is 21.2 Å². The van der Waals surface area contributed by atoms with Crippen LogP contribution in [0.25, 0.3) is 0 Å². The number of aliphatic imine (C=N–C) groups is 1. The predicted octanol–water partition coefficient (Wildman–Crippen LogP) is 6.43. The quantitative estimate of drug-likeness (QED) is 0.438. The van der Waals surface area contributed by atoms with Crippen molar-refractivity contribution in [1.29, 1.82) is 0 Å². The highest BCUT2D eigenvalue weighted by molar-refractivity contribution is 9.10. The van der Waals surface area contributed by atoms with Crippen molar-refractivity contribution in [3.05, 3.63) is 92.9 Å². The smallest absolute Gasteiger partial charge is 0.162 e. The van der Waals surface area contributed by atoms with E-state index in [9.17, 15) is 5.11 Å². The number of phenols is 1. The summed E-state index contributed by atoms with van der Waals surface area (Å²) in [6, 6.07) is 21.3. The second kappa shape index (κ2) is 9.21. The highest BCUT2D eigenvalue weighted by Crippen LogP contribution is 2.39. The van der Waals surface area contributed by atoms with E-state index in [1.54, 1.807) is 6.07 Å². The van der Waals surface area contributed by atoms with Gasteiger partial charge in [-0.05, 0) is 48.4 Å². The molecule has 3 aromatic carbocycles. The summed E-state index contributed by atoms with van der Waals surface area (Å²) in [7, 11) is 0. The largest absolute Gasteiger partial charge is 0.504 e. The number of para-hydroxylation sites is 1. The second-order valence-electron chi connectivity index (χ2n) is 7.09. The molecule has 6 heteroatoms. The lowest BCUT2D eigenvalue weighted by Gasteiger charge is -2.31. The van der Waals surface area contributed by atoms with Crippen LogP contribution in [0.2, 0.25) is 5.02 Å². The van der Waals surface area contributed by atoms with Gasteiger partial charge < -0.3 is 9.84 Å². The Kier molecular flexibility index (Phi) is 6.42. The van der Waals surface area contributed by atoms with E-state index in [1.807, 2.05) is 67.6 Å². The Labute approximate surface area is 189 Å². The summed E-state index contributed by atoms with van der Waals surface area (Å²) >= 11 is 9.57. The molecule has 30 heavy (non-hydrogen) atoms. The van der Waals surface area contributed by atoms with Gasteiger partial charge in [-0.3, -0.25) is 10.3 Å². The van der Waals surface area contributed by atoms with Crippen LogP contribution in [-0.4, -0.2) is 17.4 Å². The second-order valence-corrected chi connectivity index (χ2v) is 8.44. The minimum absolute atomic E-state index is 0.123. The summed E-state index contributed by atoms with van der Waals surface area (Å²) in [5, 5.41) is 15.1. The van der Waals surface area contributed by atoms with Gasteiger partial charge in [0, 0.05) is 33.2 Å². The molecule has 2 N–H and O–H groups in total. The van der Waals surface area contributed by atoms with Crippen LogP contribution in [0.3, 0.4) is 0 Å². The molecule has 0 aromatic heterocycles. The van der Waals surface area contributed by atoms with Crippen molar-refractivity contribution in [3.8, 4) is 11.5 Å². The molecule has 0 radical (unpaired) electrons. The van der Waals surface area contributed by atoms with Gasteiger partial charge in [0.1, 0.15) is 6.17 Å². The summed E-state index contributed by atoms with van der Waals surface area (Å²) in [6.45, 7) is 2.40. The number of rotatable bonds is 5. The normalized spacial score (nSPS) is 18.7. The van der Waals surface area contributed by atoms with Gasteiger partial charge in [-0.25, -0.2) is 0 Å². The van der Waals surface area contributed by atoms with Crippen LogP contribution in [0.5, 0.6) is 11.5 Å². The van der Waals surface area contributed by atoms with Crippen LogP contribution < -0.4 is 10.1 Å². The van der Waals surface area contributed by atoms with Crippen molar-refractivity contribution < 1.29 is 9.84 Å². The fraction of sp³-hybridized carbons (Fsp3) is 0.208. The maximum atomic E-state index is 10.8. The number of nitrogens with zero attached hydrogens (tertiary/aromatic N) is 1. The zero-order chi connectivity index (χ0) is 21.1. The molecule has 0 unspecified atom stereocenters. The Balaban J connectivity index is 1.74. The number of aromatic hydroxyl groups is 1. The fourth-order valence-corrected chi connectivity index (χ4v) is 4.02. The van der Waals surface area contributed by atoms with Gasteiger partial charge in [-0.15, -0.1) is 0 Å². The first kappa shape index (κ1) is 20.9. The van der Waals surface area contributed by atoms with Crippen LogP contribution in [0, 0.1) is 0 Å². The van der Waals surface area contributed by atoms with Crippen LogP contribution in [0.4, 0.5) is 0 Å². The molecule has 0 fully saturated rings. The Morgan fingerprint density at radius 2 is 1.83 bits per heavy atom. The summed E-state index contributed by atoms with van der Waals surface area (Å²) < 4.78 is 6.61. The van der Waals surface area contributed by atoms with E-state index in [0.29, 0.717) is 23.8 Å². The number of hydrogen-bond acceptors (Lipinski definition) is 4. The van der Waals surface area contributed by atoms with E-state index in [1.165, 1.54) is 0 Å². The number of nitrogens with one attached hydrogen (secondary N) is 1. The van der Waals surface area contributed by atoms with E-state index < -0.39 is 0 Å². The lowest BCUT2D eigenvalue weighted by atomic mass is 9.93. The molecule has 0 bridgehead atoms. The predicted molar refractivity (Wildman–Crippen MR) is 125 cm³/mol. The molecule has 0 amide bonds. The van der Waals surface area contributed by atoms with Gasteiger partial charge in [0.15, 0.2) is 11.5 Å². The molecule has 4 nitrogen and oxygen atoms in total. The summed E-state index contributed by atoms with van der Waals surface area (Å²) in [5.74, 6) is 0.663. The fourth-order valence-electron chi connectivity index (χ4n) is 3.63. The third-order valence-corrected chi connectivity index (χ3v) is 5.89. The molecule has 0 aliphatic carbocycles. The molecular formula is C24H22BrClN2O2. The van der Waals surface area contributed by atoms with Crippen molar-refractivity contribution in [2.45, 2.75) is 25.6 Å². The zero-order valence-electron chi connectivity index (χ0n) is 16.5. The average Bonchev–Trinajstić information content (AvgIpc) is 2.76. The molecule has 0 saturated heterocycles. The molecule has 1 aliphatic heterocycles. The molecule has 1 heterocycles. The van der Waals surface area contributed by atoms with Gasteiger partial charge in [0.25, 0.3) is 0 Å². The summed E-state index contributed by atoms with van der Waals surface area (Å²) in [6.07, 6.45) is 0.398. The molecular weight excluding hydrogens is 464 g/mol. The van der Waals surface area contributed by atoms with Crippen molar-refractivity contribution in [2.75, 3.05) is 6.61 Å². The van der Waals surface area contributed by atoms with E-state index >= 15 is 0 Å².